The molecule has 4 aliphatic rings. The highest BCUT2D eigenvalue weighted by molar-refractivity contribution is 8.00. The molecular formula is C25H33N3O3S. The molecule has 1 N–H and O–H groups in total. The molecule has 1 aromatic carbocycles. The molecule has 4 saturated carbocycles. The van der Waals surface area contributed by atoms with E-state index in [1.54, 1.807) is 17.7 Å². The first kappa shape index (κ1) is 22.0. The second-order valence-corrected chi connectivity index (χ2v) is 11.6. The molecule has 6 rings (SSSR count). The van der Waals surface area contributed by atoms with Gasteiger partial charge in [0.1, 0.15) is 0 Å². The Balaban J connectivity index is 1.39. The number of hydrogen-bond donors (Lipinski definition) is 1. The predicted molar refractivity (Wildman–Crippen MR) is 127 cm³/mol. The average Bonchev–Trinajstić information content (AvgIpc) is 2.72. The molecule has 1 heterocycles. The number of thioether (sulfide) groups is 1. The first-order valence-electron chi connectivity index (χ1n) is 11.9. The summed E-state index contributed by atoms with van der Waals surface area (Å²) in [6.45, 7) is 4.28. The van der Waals surface area contributed by atoms with E-state index >= 15 is 0 Å². The highest BCUT2D eigenvalue weighted by Crippen LogP contribution is 2.55. The maximum Gasteiger partial charge on any atom is 0.262 e. The van der Waals surface area contributed by atoms with Crippen LogP contribution in [0.15, 0.2) is 34.2 Å². The summed E-state index contributed by atoms with van der Waals surface area (Å²) in [5.74, 6) is 2.41. The zero-order valence-electron chi connectivity index (χ0n) is 19.2. The average molecular weight is 456 g/mol. The van der Waals surface area contributed by atoms with Crippen LogP contribution >= 0.6 is 11.8 Å². The summed E-state index contributed by atoms with van der Waals surface area (Å²) in [6.07, 6.45) is 7.45. The molecule has 0 saturated heterocycles. The zero-order chi connectivity index (χ0) is 22.5. The van der Waals surface area contributed by atoms with Crippen molar-refractivity contribution < 1.29 is 9.53 Å². The molecule has 1 aromatic heterocycles. The first-order chi connectivity index (χ1) is 15.4. The highest BCUT2D eigenvalue weighted by atomic mass is 32.2. The van der Waals surface area contributed by atoms with Gasteiger partial charge in [-0.2, -0.15) is 0 Å². The van der Waals surface area contributed by atoms with E-state index in [2.05, 4.69) is 5.32 Å². The van der Waals surface area contributed by atoms with Crippen LogP contribution in [-0.2, 0) is 9.53 Å². The van der Waals surface area contributed by atoms with Crippen LogP contribution in [0.25, 0.3) is 10.9 Å². The lowest BCUT2D eigenvalue weighted by atomic mass is 9.53. The van der Waals surface area contributed by atoms with Crippen molar-refractivity contribution in [1.29, 1.82) is 0 Å². The lowest BCUT2D eigenvalue weighted by Gasteiger charge is -2.57. The number of para-hydroxylation sites is 1. The Kier molecular flexibility index (Phi) is 5.82. The van der Waals surface area contributed by atoms with Crippen molar-refractivity contribution in [3.05, 3.63) is 34.6 Å². The number of carbonyl (C=O) groups excluding carboxylic acids is 1. The summed E-state index contributed by atoms with van der Waals surface area (Å²) in [5, 5.41) is 4.30. The fraction of sp³-hybridized carbons (Fsp3) is 0.640. The van der Waals surface area contributed by atoms with Gasteiger partial charge < -0.3 is 10.1 Å². The van der Waals surface area contributed by atoms with E-state index < -0.39 is 0 Å². The minimum absolute atomic E-state index is 0.0134. The molecule has 4 bridgehead atoms. The van der Waals surface area contributed by atoms with E-state index in [9.17, 15) is 9.59 Å². The molecule has 0 unspecified atom stereocenters. The zero-order valence-corrected chi connectivity index (χ0v) is 20.0. The van der Waals surface area contributed by atoms with E-state index in [4.69, 9.17) is 9.72 Å². The van der Waals surface area contributed by atoms with Crippen LogP contribution < -0.4 is 10.9 Å². The van der Waals surface area contributed by atoms with E-state index in [0.717, 1.165) is 37.0 Å². The van der Waals surface area contributed by atoms with Gasteiger partial charge in [0.05, 0.1) is 28.8 Å². The minimum Gasteiger partial charge on any atom is -0.383 e. The van der Waals surface area contributed by atoms with E-state index in [-0.39, 0.29) is 28.3 Å². The van der Waals surface area contributed by atoms with Gasteiger partial charge >= 0.3 is 0 Å². The molecule has 7 heteroatoms. The van der Waals surface area contributed by atoms with Crippen LogP contribution in [0, 0.1) is 17.8 Å². The summed E-state index contributed by atoms with van der Waals surface area (Å²) < 4.78 is 7.00. The Morgan fingerprint density at radius 1 is 1.19 bits per heavy atom. The lowest BCUT2D eigenvalue weighted by molar-refractivity contribution is -0.126. The molecule has 172 valence electrons. The van der Waals surface area contributed by atoms with Gasteiger partial charge in [0, 0.05) is 12.6 Å². The maximum absolute atomic E-state index is 13.3. The van der Waals surface area contributed by atoms with Gasteiger partial charge in [-0.3, -0.25) is 14.2 Å². The third-order valence-electron chi connectivity index (χ3n) is 7.70. The first-order valence-corrected chi connectivity index (χ1v) is 12.7. The number of benzene rings is 1. The molecule has 32 heavy (non-hydrogen) atoms. The van der Waals surface area contributed by atoms with Crippen LogP contribution in [0.3, 0.4) is 0 Å². The largest absolute Gasteiger partial charge is 0.383 e. The summed E-state index contributed by atoms with van der Waals surface area (Å²) in [5.41, 5.74) is 0.561. The topological polar surface area (TPSA) is 73.2 Å². The number of ether oxygens (including phenoxy) is 1. The summed E-state index contributed by atoms with van der Waals surface area (Å²) in [4.78, 5) is 31.4. The number of nitrogens with one attached hydrogen (secondary N) is 1. The number of amides is 1. The number of hydrogen-bond acceptors (Lipinski definition) is 5. The molecule has 2 aromatic rings. The Morgan fingerprint density at radius 3 is 2.44 bits per heavy atom. The van der Waals surface area contributed by atoms with Crippen LogP contribution in [0.4, 0.5) is 0 Å². The number of methoxy groups -OCH3 is 1. The maximum atomic E-state index is 13.3. The van der Waals surface area contributed by atoms with Gasteiger partial charge in [-0.15, -0.1) is 0 Å². The number of aromatic nitrogens is 2. The Bertz CT molecular complexity index is 1050. The normalized spacial score (nSPS) is 30.4. The third-order valence-corrected chi connectivity index (χ3v) is 8.77. The number of carbonyl (C=O) groups is 1. The molecule has 2 atom stereocenters. The van der Waals surface area contributed by atoms with Crippen molar-refractivity contribution in [3.63, 3.8) is 0 Å². The molecule has 4 fully saturated rings. The molecule has 0 aliphatic heterocycles. The van der Waals surface area contributed by atoms with Gasteiger partial charge in [-0.1, -0.05) is 23.9 Å². The van der Waals surface area contributed by atoms with E-state index in [1.807, 2.05) is 32.0 Å². The third kappa shape index (κ3) is 3.98. The lowest BCUT2D eigenvalue weighted by Crippen LogP contribution is -2.60. The van der Waals surface area contributed by atoms with Crippen molar-refractivity contribution in [3.8, 4) is 0 Å². The minimum atomic E-state index is -0.336. The number of fused-ring (bicyclic) bond motifs is 1. The predicted octanol–water partition coefficient (Wildman–Crippen LogP) is 4.17. The molecule has 0 spiro atoms. The molecular weight excluding hydrogens is 422 g/mol. The Hall–Kier alpha value is -1.86. The van der Waals surface area contributed by atoms with Gasteiger partial charge in [0.2, 0.25) is 5.91 Å². The second-order valence-electron chi connectivity index (χ2n) is 10.3. The van der Waals surface area contributed by atoms with Crippen molar-refractivity contribution in [1.82, 2.24) is 14.9 Å². The van der Waals surface area contributed by atoms with Crippen LogP contribution in [-0.4, -0.2) is 40.0 Å². The molecule has 4 aliphatic carbocycles. The van der Waals surface area contributed by atoms with Crippen molar-refractivity contribution in [2.75, 3.05) is 13.7 Å². The Labute approximate surface area is 193 Å². The fourth-order valence-corrected chi connectivity index (χ4v) is 7.76. The standard InChI is InChI=1S/C25H33N3O3S/c1-15(14-31-3)28-23(30)20-6-4-5-7-21(20)26-24(28)32-16(2)22(29)27-25-11-17-8-18(12-25)10-19(9-17)13-25/h4-7,15-19H,8-14H2,1-3H3,(H,27,29)/t15-,16-,17?,18?,19?,25?/m1/s1. The molecule has 0 radical (unpaired) electrons. The second kappa shape index (κ2) is 8.49. The molecule has 6 nitrogen and oxygen atoms in total. The van der Waals surface area contributed by atoms with Crippen LogP contribution in [0.5, 0.6) is 0 Å². The highest BCUT2D eigenvalue weighted by Gasteiger charge is 2.51. The summed E-state index contributed by atoms with van der Waals surface area (Å²) in [7, 11) is 1.63. The van der Waals surface area contributed by atoms with E-state index in [1.165, 1.54) is 31.0 Å². The summed E-state index contributed by atoms with van der Waals surface area (Å²) >= 11 is 1.37. The fourth-order valence-electron chi connectivity index (χ4n) is 6.75. The van der Waals surface area contributed by atoms with Crippen LogP contribution in [0.2, 0.25) is 0 Å². The monoisotopic (exact) mass is 455 g/mol. The SMILES string of the molecule is COC[C@@H](C)n1c(S[C@H](C)C(=O)NC23CC4CC(CC(C4)C2)C3)nc2ccccc2c1=O. The number of nitrogens with zero attached hydrogens (tertiary/aromatic N) is 2. The van der Waals surface area contributed by atoms with Gasteiger partial charge in [-0.05, 0) is 82.3 Å². The van der Waals surface area contributed by atoms with E-state index in [0.29, 0.717) is 22.7 Å². The van der Waals surface area contributed by atoms with Crippen LogP contribution in [0.1, 0.15) is 58.4 Å². The Morgan fingerprint density at radius 2 is 1.81 bits per heavy atom. The van der Waals surface area contributed by atoms with Crippen molar-refractivity contribution >= 4 is 28.6 Å². The number of rotatable bonds is 7. The van der Waals surface area contributed by atoms with Gasteiger partial charge in [-0.25, -0.2) is 4.98 Å². The smallest absolute Gasteiger partial charge is 0.262 e. The van der Waals surface area contributed by atoms with Gasteiger partial charge in [0.25, 0.3) is 5.56 Å². The van der Waals surface area contributed by atoms with Crippen molar-refractivity contribution in [2.45, 2.75) is 74.4 Å². The summed E-state index contributed by atoms with van der Waals surface area (Å²) in [6, 6.07) is 7.22. The quantitative estimate of drug-likeness (QED) is 0.501. The van der Waals surface area contributed by atoms with Gasteiger partial charge in [0.15, 0.2) is 5.16 Å². The van der Waals surface area contributed by atoms with Crippen molar-refractivity contribution in [2.24, 2.45) is 17.8 Å². The molecule has 1 amide bonds.